The van der Waals surface area contributed by atoms with E-state index in [9.17, 15) is 8.42 Å². The Morgan fingerprint density at radius 3 is 2.85 bits per heavy atom. The number of aryl methyl sites for hydroxylation is 1. The molecule has 0 aromatic carbocycles. The molecule has 0 spiro atoms. The van der Waals surface area contributed by atoms with E-state index >= 15 is 0 Å². The fourth-order valence-electron chi connectivity index (χ4n) is 1.64. The van der Waals surface area contributed by atoms with Crippen molar-refractivity contribution in [3.8, 4) is 0 Å². The molecule has 0 atom stereocenters. The van der Waals surface area contributed by atoms with Gasteiger partial charge in [-0.3, -0.25) is 4.68 Å². The SMILES string of the molecule is CNCc1ccc(S(=O)(=O)NCCc2ncn(C)n2)o1. The zero-order valence-electron chi connectivity index (χ0n) is 11.3. The van der Waals surface area contributed by atoms with Crippen LogP contribution in [0.15, 0.2) is 28.0 Å². The van der Waals surface area contributed by atoms with Gasteiger partial charge in [-0.15, -0.1) is 0 Å². The minimum absolute atomic E-state index is 0.0864. The number of nitrogens with one attached hydrogen (secondary N) is 2. The van der Waals surface area contributed by atoms with Crippen LogP contribution >= 0.6 is 0 Å². The van der Waals surface area contributed by atoms with E-state index in [1.807, 2.05) is 0 Å². The Labute approximate surface area is 117 Å². The second-order valence-corrected chi connectivity index (χ2v) is 5.93. The van der Waals surface area contributed by atoms with Crippen LogP contribution in [0.5, 0.6) is 0 Å². The average molecular weight is 299 g/mol. The molecule has 0 amide bonds. The van der Waals surface area contributed by atoms with Crippen LogP contribution in [0.3, 0.4) is 0 Å². The number of hydrogen-bond acceptors (Lipinski definition) is 6. The summed E-state index contributed by atoms with van der Waals surface area (Å²) in [6, 6.07) is 3.07. The molecule has 2 rings (SSSR count). The van der Waals surface area contributed by atoms with E-state index in [4.69, 9.17) is 4.42 Å². The fraction of sp³-hybridized carbons (Fsp3) is 0.455. The van der Waals surface area contributed by atoms with Crippen LogP contribution in [0.25, 0.3) is 0 Å². The summed E-state index contributed by atoms with van der Waals surface area (Å²) >= 11 is 0. The molecular weight excluding hydrogens is 282 g/mol. The minimum Gasteiger partial charge on any atom is -0.447 e. The predicted molar refractivity (Wildman–Crippen MR) is 71.4 cm³/mol. The van der Waals surface area contributed by atoms with Gasteiger partial charge in [-0.05, 0) is 19.2 Å². The van der Waals surface area contributed by atoms with E-state index in [2.05, 4.69) is 20.1 Å². The summed E-state index contributed by atoms with van der Waals surface area (Å²) in [5.41, 5.74) is 0. The third-order valence-electron chi connectivity index (χ3n) is 2.54. The first-order chi connectivity index (χ1) is 9.51. The standard InChI is InChI=1S/C11H17N5O3S/c1-12-7-9-3-4-11(19-9)20(17,18)14-6-5-10-13-8-16(2)15-10/h3-4,8,12,14H,5-7H2,1-2H3. The lowest BCUT2D eigenvalue weighted by atomic mass is 10.4. The van der Waals surface area contributed by atoms with Crippen molar-refractivity contribution in [1.82, 2.24) is 24.8 Å². The molecule has 0 aliphatic carbocycles. The van der Waals surface area contributed by atoms with Crippen molar-refractivity contribution in [2.75, 3.05) is 13.6 Å². The number of rotatable bonds is 7. The largest absolute Gasteiger partial charge is 0.447 e. The van der Waals surface area contributed by atoms with Gasteiger partial charge in [0.05, 0.1) is 6.54 Å². The molecule has 0 saturated carbocycles. The molecule has 2 aromatic rings. The highest BCUT2D eigenvalue weighted by atomic mass is 32.2. The average Bonchev–Trinajstić information content (AvgIpc) is 2.99. The number of sulfonamides is 1. The lowest BCUT2D eigenvalue weighted by Gasteiger charge is -2.02. The summed E-state index contributed by atoms with van der Waals surface area (Å²) in [6.45, 7) is 0.696. The zero-order chi connectivity index (χ0) is 14.6. The van der Waals surface area contributed by atoms with Crippen molar-refractivity contribution in [2.24, 2.45) is 7.05 Å². The maximum absolute atomic E-state index is 12.0. The molecule has 0 unspecified atom stereocenters. The maximum atomic E-state index is 12.0. The fourth-order valence-corrected chi connectivity index (χ4v) is 2.62. The van der Waals surface area contributed by atoms with E-state index in [1.165, 1.54) is 6.07 Å². The van der Waals surface area contributed by atoms with Gasteiger partial charge in [-0.25, -0.2) is 18.1 Å². The first-order valence-corrected chi connectivity index (χ1v) is 7.57. The van der Waals surface area contributed by atoms with Crippen molar-refractivity contribution in [3.63, 3.8) is 0 Å². The highest BCUT2D eigenvalue weighted by Gasteiger charge is 2.18. The molecule has 0 saturated heterocycles. The molecule has 0 fully saturated rings. The molecule has 0 aliphatic rings. The van der Waals surface area contributed by atoms with E-state index < -0.39 is 10.0 Å². The summed E-state index contributed by atoms with van der Waals surface area (Å²) in [5, 5.41) is 6.87. The molecule has 0 radical (unpaired) electrons. The van der Waals surface area contributed by atoms with Crippen LogP contribution in [0.4, 0.5) is 0 Å². The van der Waals surface area contributed by atoms with Crippen molar-refractivity contribution in [3.05, 3.63) is 30.0 Å². The first kappa shape index (κ1) is 14.7. The van der Waals surface area contributed by atoms with Gasteiger partial charge in [-0.2, -0.15) is 5.10 Å². The third-order valence-corrected chi connectivity index (χ3v) is 3.87. The topological polar surface area (TPSA) is 102 Å². The summed E-state index contributed by atoms with van der Waals surface area (Å²) < 4.78 is 33.2. The molecule has 8 nitrogen and oxygen atoms in total. The molecule has 20 heavy (non-hydrogen) atoms. The molecule has 2 N–H and O–H groups in total. The van der Waals surface area contributed by atoms with Crippen molar-refractivity contribution < 1.29 is 12.8 Å². The van der Waals surface area contributed by atoms with E-state index in [1.54, 1.807) is 31.2 Å². The Kier molecular flexibility index (Phi) is 4.53. The van der Waals surface area contributed by atoms with Crippen molar-refractivity contribution in [2.45, 2.75) is 18.1 Å². The normalized spacial score (nSPS) is 11.9. The smallest absolute Gasteiger partial charge is 0.273 e. The van der Waals surface area contributed by atoms with Crippen LogP contribution in [0.1, 0.15) is 11.6 Å². The monoisotopic (exact) mass is 299 g/mol. The van der Waals surface area contributed by atoms with E-state index in [-0.39, 0.29) is 11.6 Å². The Hall–Kier alpha value is -1.71. The first-order valence-electron chi connectivity index (χ1n) is 6.09. The van der Waals surface area contributed by atoms with Gasteiger partial charge in [0, 0.05) is 20.0 Å². The van der Waals surface area contributed by atoms with Crippen LogP contribution in [0.2, 0.25) is 0 Å². The Morgan fingerprint density at radius 1 is 1.40 bits per heavy atom. The second kappa shape index (κ2) is 6.16. The third kappa shape index (κ3) is 3.65. The van der Waals surface area contributed by atoms with Gasteiger partial charge in [0.1, 0.15) is 12.1 Å². The second-order valence-electron chi connectivity index (χ2n) is 4.23. The summed E-state index contributed by atoms with van der Waals surface area (Å²) in [6.07, 6.45) is 1.99. The van der Waals surface area contributed by atoms with Crippen LogP contribution in [0, 0.1) is 0 Å². The summed E-state index contributed by atoms with van der Waals surface area (Å²) in [4.78, 5) is 4.02. The molecule has 0 aliphatic heterocycles. The van der Waals surface area contributed by atoms with Crippen LogP contribution in [-0.2, 0) is 30.0 Å². The number of furan rings is 1. The van der Waals surface area contributed by atoms with Gasteiger partial charge in [0.15, 0.2) is 5.82 Å². The van der Waals surface area contributed by atoms with Gasteiger partial charge in [0.2, 0.25) is 5.09 Å². The van der Waals surface area contributed by atoms with E-state index in [0.29, 0.717) is 24.6 Å². The molecule has 0 bridgehead atoms. The molecule has 2 heterocycles. The number of nitrogens with zero attached hydrogens (tertiary/aromatic N) is 3. The predicted octanol–water partition coefficient (Wildman–Crippen LogP) is -0.351. The van der Waals surface area contributed by atoms with Gasteiger partial charge in [-0.1, -0.05) is 0 Å². The quantitative estimate of drug-likeness (QED) is 0.724. The number of hydrogen-bond donors (Lipinski definition) is 2. The van der Waals surface area contributed by atoms with Gasteiger partial charge >= 0.3 is 0 Å². The minimum atomic E-state index is -3.63. The maximum Gasteiger partial charge on any atom is 0.273 e. The Balaban J connectivity index is 1.92. The highest BCUT2D eigenvalue weighted by molar-refractivity contribution is 7.89. The number of aromatic nitrogens is 3. The van der Waals surface area contributed by atoms with Gasteiger partial charge in [0.25, 0.3) is 10.0 Å². The van der Waals surface area contributed by atoms with E-state index in [0.717, 1.165) is 0 Å². The zero-order valence-corrected chi connectivity index (χ0v) is 12.1. The summed E-state index contributed by atoms with van der Waals surface area (Å²) in [7, 11) is -0.112. The summed E-state index contributed by atoms with van der Waals surface area (Å²) in [5.74, 6) is 1.16. The molecule has 9 heteroatoms. The Morgan fingerprint density at radius 2 is 2.20 bits per heavy atom. The van der Waals surface area contributed by atoms with Crippen molar-refractivity contribution in [1.29, 1.82) is 0 Å². The van der Waals surface area contributed by atoms with Crippen LogP contribution in [-0.4, -0.2) is 36.8 Å². The molecule has 110 valence electrons. The molecular formula is C11H17N5O3S. The highest BCUT2D eigenvalue weighted by Crippen LogP contribution is 2.13. The van der Waals surface area contributed by atoms with Crippen molar-refractivity contribution >= 4 is 10.0 Å². The lowest BCUT2D eigenvalue weighted by Crippen LogP contribution is -2.26. The Bertz CT molecular complexity index is 661. The van der Waals surface area contributed by atoms with Crippen LogP contribution < -0.4 is 10.0 Å². The van der Waals surface area contributed by atoms with Gasteiger partial charge < -0.3 is 9.73 Å². The lowest BCUT2D eigenvalue weighted by molar-refractivity contribution is 0.404. The molecule has 2 aromatic heterocycles.